The lowest BCUT2D eigenvalue weighted by molar-refractivity contribution is 0.0319. The first-order chi connectivity index (χ1) is 9.68. The highest BCUT2D eigenvalue weighted by Crippen LogP contribution is 2.26. The predicted octanol–water partition coefficient (Wildman–Crippen LogP) is 2.34. The number of hydrogen-bond acceptors (Lipinski definition) is 4. The minimum absolute atomic E-state index is 0.523. The Labute approximate surface area is 127 Å². The summed E-state index contributed by atoms with van der Waals surface area (Å²) in [5.41, 5.74) is 1.22. The van der Waals surface area contributed by atoms with E-state index in [1.807, 2.05) is 40.6 Å². The fourth-order valence-electron chi connectivity index (χ4n) is 2.52. The van der Waals surface area contributed by atoms with Gasteiger partial charge in [-0.1, -0.05) is 17.7 Å². The van der Waals surface area contributed by atoms with Gasteiger partial charge >= 0.3 is 0 Å². The largest absolute Gasteiger partial charge is 0.389 e. The zero-order chi connectivity index (χ0) is 14.0. The molecule has 2 aromatic rings. The van der Waals surface area contributed by atoms with E-state index in [0.717, 1.165) is 35.7 Å². The zero-order valence-corrected chi connectivity index (χ0v) is 12.8. The molecule has 4 nitrogen and oxygen atoms in total. The van der Waals surface area contributed by atoms with E-state index in [2.05, 4.69) is 10.3 Å². The number of imidazole rings is 1. The molecule has 6 heteroatoms. The number of halogens is 1. The van der Waals surface area contributed by atoms with Crippen molar-refractivity contribution >= 4 is 29.0 Å². The van der Waals surface area contributed by atoms with Crippen molar-refractivity contribution in [1.29, 1.82) is 0 Å². The standard InChI is InChI=1S/C14H18ClN3OS/c15-13-11(18-6-2-1-3-12(18)17-13)9-16-10-14(19)4-7-20-8-5-14/h1-3,6,16,19H,4-5,7-10H2. The van der Waals surface area contributed by atoms with Crippen LogP contribution in [0.2, 0.25) is 5.15 Å². The molecule has 2 N–H and O–H groups in total. The SMILES string of the molecule is OC1(CNCc2c(Cl)nc3ccccn23)CCSCC1. The Kier molecular flexibility index (Phi) is 4.21. The van der Waals surface area contributed by atoms with Gasteiger partial charge in [0.1, 0.15) is 5.65 Å². The first kappa shape index (κ1) is 14.2. The molecule has 0 amide bonds. The minimum atomic E-state index is -0.571. The van der Waals surface area contributed by atoms with Gasteiger partial charge in [0.25, 0.3) is 0 Å². The Hall–Kier alpha value is -0.750. The lowest BCUT2D eigenvalue weighted by Gasteiger charge is -2.31. The molecule has 1 aliphatic heterocycles. The number of rotatable bonds is 4. The lowest BCUT2D eigenvalue weighted by Crippen LogP contribution is -2.43. The maximum absolute atomic E-state index is 10.5. The molecule has 108 valence electrons. The van der Waals surface area contributed by atoms with Crippen molar-refractivity contribution in [3.05, 3.63) is 35.2 Å². The second kappa shape index (κ2) is 5.93. The number of aliphatic hydroxyl groups is 1. The van der Waals surface area contributed by atoms with E-state index in [1.165, 1.54) is 0 Å². The Morgan fingerprint density at radius 3 is 3.00 bits per heavy atom. The summed E-state index contributed by atoms with van der Waals surface area (Å²) >= 11 is 8.10. The van der Waals surface area contributed by atoms with E-state index in [9.17, 15) is 5.11 Å². The van der Waals surface area contributed by atoms with Gasteiger partial charge in [-0.15, -0.1) is 0 Å². The minimum Gasteiger partial charge on any atom is -0.389 e. The van der Waals surface area contributed by atoms with Gasteiger partial charge < -0.3 is 14.8 Å². The van der Waals surface area contributed by atoms with Crippen LogP contribution >= 0.6 is 23.4 Å². The molecule has 0 spiro atoms. The van der Waals surface area contributed by atoms with E-state index in [-0.39, 0.29) is 0 Å². The molecule has 0 aromatic carbocycles. The van der Waals surface area contributed by atoms with Gasteiger partial charge in [0, 0.05) is 19.3 Å². The average molecular weight is 312 g/mol. The van der Waals surface area contributed by atoms with Crippen molar-refractivity contribution in [1.82, 2.24) is 14.7 Å². The van der Waals surface area contributed by atoms with E-state index >= 15 is 0 Å². The molecule has 0 unspecified atom stereocenters. The van der Waals surface area contributed by atoms with Crippen LogP contribution in [-0.4, -0.2) is 38.1 Å². The summed E-state index contributed by atoms with van der Waals surface area (Å²) in [5.74, 6) is 2.07. The summed E-state index contributed by atoms with van der Waals surface area (Å²) in [6.07, 6.45) is 3.66. The number of nitrogens with one attached hydrogen (secondary N) is 1. The van der Waals surface area contributed by atoms with Crippen LogP contribution in [0.3, 0.4) is 0 Å². The van der Waals surface area contributed by atoms with Crippen LogP contribution in [0.1, 0.15) is 18.5 Å². The summed E-state index contributed by atoms with van der Waals surface area (Å²) in [7, 11) is 0. The fraction of sp³-hybridized carbons (Fsp3) is 0.500. The topological polar surface area (TPSA) is 49.6 Å². The van der Waals surface area contributed by atoms with Crippen molar-refractivity contribution in [3.8, 4) is 0 Å². The van der Waals surface area contributed by atoms with Gasteiger partial charge in [-0.2, -0.15) is 11.8 Å². The quantitative estimate of drug-likeness (QED) is 0.910. The summed E-state index contributed by atoms with van der Waals surface area (Å²) in [4.78, 5) is 4.32. The van der Waals surface area contributed by atoms with Gasteiger partial charge in [0.2, 0.25) is 0 Å². The third-order valence-electron chi connectivity index (χ3n) is 3.75. The first-order valence-electron chi connectivity index (χ1n) is 6.80. The number of thioether (sulfide) groups is 1. The molecule has 2 aromatic heterocycles. The monoisotopic (exact) mass is 311 g/mol. The van der Waals surface area contributed by atoms with Crippen LogP contribution in [0, 0.1) is 0 Å². The molecule has 0 bridgehead atoms. The van der Waals surface area contributed by atoms with Crippen LogP contribution in [-0.2, 0) is 6.54 Å². The Morgan fingerprint density at radius 2 is 2.20 bits per heavy atom. The molecular formula is C14H18ClN3OS. The summed E-state index contributed by atoms with van der Waals surface area (Å²) in [5, 5.41) is 14.3. The maximum atomic E-state index is 10.5. The van der Waals surface area contributed by atoms with Crippen LogP contribution < -0.4 is 5.32 Å². The Balaban J connectivity index is 1.66. The molecule has 1 aliphatic rings. The number of pyridine rings is 1. The van der Waals surface area contributed by atoms with Crippen LogP contribution in [0.4, 0.5) is 0 Å². The first-order valence-corrected chi connectivity index (χ1v) is 8.34. The van der Waals surface area contributed by atoms with Crippen LogP contribution in [0.5, 0.6) is 0 Å². The third-order valence-corrected chi connectivity index (χ3v) is 5.04. The summed E-state index contributed by atoms with van der Waals surface area (Å²) in [6.45, 7) is 1.21. The molecule has 0 radical (unpaired) electrons. The molecule has 0 atom stereocenters. The highest BCUT2D eigenvalue weighted by Gasteiger charge is 2.29. The Bertz CT molecular complexity index is 595. The van der Waals surface area contributed by atoms with E-state index in [4.69, 9.17) is 11.6 Å². The van der Waals surface area contributed by atoms with Crippen molar-refractivity contribution in [2.24, 2.45) is 0 Å². The maximum Gasteiger partial charge on any atom is 0.152 e. The number of fused-ring (bicyclic) bond motifs is 1. The summed E-state index contributed by atoms with van der Waals surface area (Å²) < 4.78 is 1.98. The molecular weight excluding hydrogens is 294 g/mol. The molecule has 0 saturated carbocycles. The smallest absolute Gasteiger partial charge is 0.152 e. The molecule has 3 heterocycles. The number of aromatic nitrogens is 2. The molecule has 1 fully saturated rings. The normalized spacial score (nSPS) is 18.5. The predicted molar refractivity (Wildman–Crippen MR) is 83.4 cm³/mol. The van der Waals surface area contributed by atoms with E-state index in [0.29, 0.717) is 18.2 Å². The second-order valence-corrected chi connectivity index (χ2v) is 6.80. The fourth-order valence-corrected chi connectivity index (χ4v) is 4.01. The third kappa shape index (κ3) is 2.96. The molecule has 20 heavy (non-hydrogen) atoms. The van der Waals surface area contributed by atoms with E-state index < -0.39 is 5.60 Å². The van der Waals surface area contributed by atoms with Crippen molar-refractivity contribution in [2.45, 2.75) is 25.0 Å². The molecule has 1 saturated heterocycles. The van der Waals surface area contributed by atoms with Crippen LogP contribution in [0.25, 0.3) is 5.65 Å². The zero-order valence-electron chi connectivity index (χ0n) is 11.2. The van der Waals surface area contributed by atoms with Gasteiger partial charge in [-0.25, -0.2) is 4.98 Å². The molecule has 3 rings (SSSR count). The van der Waals surface area contributed by atoms with Gasteiger partial charge in [-0.05, 0) is 36.5 Å². The van der Waals surface area contributed by atoms with Gasteiger partial charge in [0.05, 0.1) is 11.3 Å². The van der Waals surface area contributed by atoms with Crippen molar-refractivity contribution in [3.63, 3.8) is 0 Å². The summed E-state index contributed by atoms with van der Waals surface area (Å²) in [6, 6.07) is 5.83. The average Bonchev–Trinajstić information content (AvgIpc) is 2.76. The lowest BCUT2D eigenvalue weighted by atomic mass is 9.97. The van der Waals surface area contributed by atoms with Crippen molar-refractivity contribution in [2.75, 3.05) is 18.1 Å². The highest BCUT2D eigenvalue weighted by atomic mass is 35.5. The van der Waals surface area contributed by atoms with Gasteiger partial charge in [0.15, 0.2) is 5.15 Å². The highest BCUT2D eigenvalue weighted by molar-refractivity contribution is 7.99. The Morgan fingerprint density at radius 1 is 1.40 bits per heavy atom. The number of nitrogens with zero attached hydrogens (tertiary/aromatic N) is 2. The van der Waals surface area contributed by atoms with Gasteiger partial charge in [-0.3, -0.25) is 0 Å². The van der Waals surface area contributed by atoms with Crippen LogP contribution in [0.15, 0.2) is 24.4 Å². The second-order valence-electron chi connectivity index (χ2n) is 5.22. The van der Waals surface area contributed by atoms with E-state index in [1.54, 1.807) is 0 Å². The van der Waals surface area contributed by atoms with Crippen molar-refractivity contribution < 1.29 is 5.11 Å². The number of hydrogen-bond donors (Lipinski definition) is 2. The molecule has 0 aliphatic carbocycles.